The van der Waals surface area contributed by atoms with Crippen LogP contribution in [0.3, 0.4) is 0 Å². The van der Waals surface area contributed by atoms with Crippen LogP contribution in [0.15, 0.2) is 0 Å². The third-order valence-electron chi connectivity index (χ3n) is 0.929. The van der Waals surface area contributed by atoms with Gasteiger partial charge in [-0.25, -0.2) is 0 Å². The van der Waals surface area contributed by atoms with E-state index in [4.69, 9.17) is 0 Å². The Balaban J connectivity index is -0.000000245. The van der Waals surface area contributed by atoms with E-state index in [0.717, 1.165) is 19.6 Å². The topological polar surface area (TPSA) is 17.3 Å². The molecule has 0 saturated heterocycles. The van der Waals surface area contributed by atoms with Gasteiger partial charge in [0.15, 0.2) is 0 Å². The van der Waals surface area contributed by atoms with Gasteiger partial charge in [-0.3, -0.25) is 0 Å². The van der Waals surface area contributed by atoms with E-state index >= 15 is 0 Å². The van der Waals surface area contributed by atoms with Crippen molar-refractivity contribution in [2.75, 3.05) is 33.7 Å². The van der Waals surface area contributed by atoms with Crippen molar-refractivity contribution in [1.82, 2.24) is 4.90 Å². The molecule has 0 saturated carbocycles. The van der Waals surface area contributed by atoms with Crippen LogP contribution < -0.4 is 0 Å². The van der Waals surface area contributed by atoms with Crippen molar-refractivity contribution < 1.29 is 26.2 Å². The monoisotopic (exact) mass is 220 g/mol. The SMILES string of the molecule is CC[N-]CCN(C)C.[CH3-].[Zr+3]. The minimum atomic E-state index is 0. The standard InChI is InChI=1S/C6H15N2.CH3.Zr/c1-4-7-5-6-8(2)3;;/h4-6H2,1-3H3;1H3;/q2*-1;+3. The summed E-state index contributed by atoms with van der Waals surface area (Å²) in [4.78, 5) is 2.14. The Morgan fingerprint density at radius 3 is 2.10 bits per heavy atom. The Kier molecular flexibility index (Phi) is 21.3. The van der Waals surface area contributed by atoms with Gasteiger partial charge in [-0.1, -0.05) is 6.92 Å². The van der Waals surface area contributed by atoms with Crippen molar-refractivity contribution in [3.8, 4) is 0 Å². The number of rotatable bonds is 4. The van der Waals surface area contributed by atoms with Crippen LogP contribution in [0.5, 0.6) is 0 Å². The van der Waals surface area contributed by atoms with Crippen LogP contribution in [0.4, 0.5) is 0 Å². The molecule has 0 N–H and O–H groups in total. The molecule has 0 aliphatic rings. The summed E-state index contributed by atoms with van der Waals surface area (Å²) in [7, 11) is 4.12. The first-order chi connectivity index (χ1) is 3.77. The van der Waals surface area contributed by atoms with Crippen molar-refractivity contribution >= 4 is 0 Å². The van der Waals surface area contributed by atoms with Crippen molar-refractivity contribution in [3.63, 3.8) is 0 Å². The van der Waals surface area contributed by atoms with E-state index in [1.807, 2.05) is 0 Å². The Morgan fingerprint density at radius 2 is 1.80 bits per heavy atom. The summed E-state index contributed by atoms with van der Waals surface area (Å²) < 4.78 is 0. The van der Waals surface area contributed by atoms with Crippen LogP contribution in [0.2, 0.25) is 0 Å². The number of hydrogen-bond acceptors (Lipinski definition) is 1. The molecule has 0 rings (SSSR count). The van der Waals surface area contributed by atoms with Gasteiger partial charge in [0.25, 0.3) is 0 Å². The largest absolute Gasteiger partial charge is 3.00 e. The zero-order valence-corrected chi connectivity index (χ0v) is 9.97. The molecule has 10 heavy (non-hydrogen) atoms. The first-order valence-electron chi connectivity index (χ1n) is 3.05. The third kappa shape index (κ3) is 15.9. The van der Waals surface area contributed by atoms with Gasteiger partial charge >= 0.3 is 26.2 Å². The predicted molar refractivity (Wildman–Crippen MR) is 43.7 cm³/mol. The van der Waals surface area contributed by atoms with Crippen molar-refractivity contribution in [2.24, 2.45) is 0 Å². The Bertz CT molecular complexity index is 48.9. The van der Waals surface area contributed by atoms with E-state index in [0.29, 0.717) is 0 Å². The number of nitrogens with zero attached hydrogens (tertiary/aromatic N) is 2. The fraction of sp³-hybridized carbons (Fsp3) is 0.857. The Hall–Kier alpha value is 0.803. The fourth-order valence-corrected chi connectivity index (χ4v) is 0.429. The molecule has 0 bridgehead atoms. The maximum absolute atomic E-state index is 4.17. The molecule has 3 heteroatoms. The van der Waals surface area contributed by atoms with Crippen LogP contribution >= 0.6 is 0 Å². The Labute approximate surface area is 84.5 Å². The Morgan fingerprint density at radius 1 is 1.30 bits per heavy atom. The number of hydrogen-bond donors (Lipinski definition) is 0. The molecule has 0 spiro atoms. The first kappa shape index (κ1) is 17.1. The molecule has 0 aromatic carbocycles. The molecule has 0 atom stereocenters. The molecule has 0 aromatic heterocycles. The summed E-state index contributed by atoms with van der Waals surface area (Å²) in [6.07, 6.45) is 0. The van der Waals surface area contributed by atoms with Crippen molar-refractivity contribution in [1.29, 1.82) is 0 Å². The molecule has 0 heterocycles. The van der Waals surface area contributed by atoms with Gasteiger partial charge in [0.05, 0.1) is 0 Å². The zero-order valence-electron chi connectivity index (χ0n) is 7.52. The van der Waals surface area contributed by atoms with E-state index in [-0.39, 0.29) is 33.6 Å². The van der Waals surface area contributed by atoms with Crippen LogP contribution in [0.1, 0.15) is 6.92 Å². The molecule has 0 unspecified atom stereocenters. The van der Waals surface area contributed by atoms with E-state index < -0.39 is 0 Å². The van der Waals surface area contributed by atoms with Gasteiger partial charge in [0.1, 0.15) is 0 Å². The minimum Gasteiger partial charge on any atom is -0.661 e. The van der Waals surface area contributed by atoms with Gasteiger partial charge in [-0.2, -0.15) is 6.54 Å². The second-order valence-corrected chi connectivity index (χ2v) is 2.07. The summed E-state index contributed by atoms with van der Waals surface area (Å²) in [5, 5.41) is 4.17. The summed E-state index contributed by atoms with van der Waals surface area (Å²) in [5.41, 5.74) is 0. The third-order valence-corrected chi connectivity index (χ3v) is 0.929. The summed E-state index contributed by atoms with van der Waals surface area (Å²) in [5.74, 6) is 0. The quantitative estimate of drug-likeness (QED) is 0.518. The van der Waals surface area contributed by atoms with Crippen LogP contribution in [-0.2, 0) is 26.2 Å². The van der Waals surface area contributed by atoms with Gasteiger partial charge in [0, 0.05) is 0 Å². The van der Waals surface area contributed by atoms with Crippen LogP contribution in [0, 0.1) is 7.43 Å². The zero-order chi connectivity index (χ0) is 6.41. The van der Waals surface area contributed by atoms with Crippen LogP contribution in [0.25, 0.3) is 5.32 Å². The molecule has 1 radical (unpaired) electrons. The summed E-state index contributed by atoms with van der Waals surface area (Å²) >= 11 is 0. The second-order valence-electron chi connectivity index (χ2n) is 2.07. The van der Waals surface area contributed by atoms with Gasteiger partial charge in [-0.15, -0.1) is 6.54 Å². The molecule has 0 amide bonds. The van der Waals surface area contributed by atoms with E-state index in [9.17, 15) is 0 Å². The molecule has 0 aromatic rings. The maximum atomic E-state index is 4.17. The average molecular weight is 221 g/mol. The van der Waals surface area contributed by atoms with E-state index in [2.05, 4.69) is 31.2 Å². The molecule has 59 valence electrons. The molecule has 0 aliphatic carbocycles. The fourth-order valence-electron chi connectivity index (χ4n) is 0.429. The summed E-state index contributed by atoms with van der Waals surface area (Å²) in [6, 6.07) is 0. The maximum Gasteiger partial charge on any atom is 3.00 e. The second kappa shape index (κ2) is 12.5. The van der Waals surface area contributed by atoms with E-state index in [1.165, 1.54) is 0 Å². The van der Waals surface area contributed by atoms with Crippen molar-refractivity contribution in [2.45, 2.75) is 6.92 Å². The number of likely N-dealkylation sites (N-methyl/N-ethyl adjacent to an activating group) is 2. The molecule has 0 fully saturated rings. The molecular formula is C7H18N2Zr+. The van der Waals surface area contributed by atoms with Gasteiger partial charge in [0.2, 0.25) is 0 Å². The molecule has 0 aliphatic heterocycles. The normalized spacial score (nSPS) is 8.40. The average Bonchev–Trinajstić information content (AvgIpc) is 1.66. The van der Waals surface area contributed by atoms with Crippen molar-refractivity contribution in [3.05, 3.63) is 12.7 Å². The predicted octanol–water partition coefficient (Wildman–Crippen LogP) is 1.39. The summed E-state index contributed by atoms with van der Waals surface area (Å²) in [6.45, 7) is 5.07. The molecule has 2 nitrogen and oxygen atoms in total. The van der Waals surface area contributed by atoms with Gasteiger partial charge in [-0.05, 0) is 20.6 Å². The molecular weight excluding hydrogens is 203 g/mol. The minimum absolute atomic E-state index is 0. The smallest absolute Gasteiger partial charge is 0.661 e. The van der Waals surface area contributed by atoms with Crippen LogP contribution in [-0.4, -0.2) is 38.6 Å². The van der Waals surface area contributed by atoms with Gasteiger partial charge < -0.3 is 17.6 Å². The van der Waals surface area contributed by atoms with E-state index in [1.54, 1.807) is 0 Å². The first-order valence-corrected chi connectivity index (χ1v) is 3.05.